The summed E-state index contributed by atoms with van der Waals surface area (Å²) in [7, 11) is -2.30. The van der Waals surface area contributed by atoms with E-state index < -0.39 is 21.6 Å². The number of nitrogens with zero attached hydrogens (tertiary/aromatic N) is 1. The lowest BCUT2D eigenvalue weighted by Crippen LogP contribution is -2.30. The Morgan fingerprint density at radius 1 is 1.24 bits per heavy atom. The van der Waals surface area contributed by atoms with Crippen LogP contribution in [0.1, 0.15) is 47.0 Å². The number of ether oxygens (including phenoxy) is 1. The molecule has 1 aromatic carbocycles. The van der Waals surface area contributed by atoms with Crippen LogP contribution in [-0.2, 0) is 32.3 Å². The first-order valence-electron chi connectivity index (χ1n) is 10.5. The molecule has 0 atom stereocenters. The molecule has 1 N–H and O–H groups in total. The monoisotopic (exact) mass is 518 g/mol. The number of carbonyl (C=O) groups excluding carboxylic acids is 2. The molecule has 11 heteroatoms. The van der Waals surface area contributed by atoms with Crippen LogP contribution < -0.4 is 5.32 Å². The van der Waals surface area contributed by atoms with Gasteiger partial charge >= 0.3 is 5.97 Å². The molecular formula is C22H28ClFN2O5S2. The zero-order chi connectivity index (χ0) is 23.3. The van der Waals surface area contributed by atoms with Gasteiger partial charge in [0.1, 0.15) is 10.8 Å². The molecule has 0 aliphatic carbocycles. The van der Waals surface area contributed by atoms with Crippen molar-refractivity contribution in [3.05, 3.63) is 46.1 Å². The highest BCUT2D eigenvalue weighted by Crippen LogP contribution is 2.37. The SMILES string of the molecule is CCCN1CCc2c(sc(NC(=O)CCCS(=O)(=O)c3ccc(F)cc3)c2C(=O)OC)C1.Cl. The molecule has 0 unspecified atom stereocenters. The first kappa shape index (κ1) is 27.2. The Balaban J connectivity index is 0.00000385. The Kier molecular flexibility index (Phi) is 9.84. The second-order valence-electron chi connectivity index (χ2n) is 7.65. The van der Waals surface area contributed by atoms with Crippen molar-refractivity contribution in [3.8, 4) is 0 Å². The average molecular weight is 519 g/mol. The molecular weight excluding hydrogens is 491 g/mol. The first-order chi connectivity index (χ1) is 15.2. The van der Waals surface area contributed by atoms with E-state index in [2.05, 4.69) is 17.1 Å². The summed E-state index contributed by atoms with van der Waals surface area (Å²) in [6, 6.07) is 4.61. The second-order valence-corrected chi connectivity index (χ2v) is 10.9. The predicted molar refractivity (Wildman–Crippen MR) is 128 cm³/mol. The molecule has 1 aromatic heterocycles. The van der Waals surface area contributed by atoms with Crippen LogP contribution in [0.25, 0.3) is 0 Å². The van der Waals surface area contributed by atoms with E-state index in [1.54, 1.807) is 0 Å². The zero-order valence-electron chi connectivity index (χ0n) is 18.6. The third-order valence-corrected chi connectivity index (χ3v) is 8.26. The summed E-state index contributed by atoms with van der Waals surface area (Å²) in [5.74, 6) is -1.60. The van der Waals surface area contributed by atoms with Crippen molar-refractivity contribution in [2.45, 2.75) is 44.0 Å². The lowest BCUT2D eigenvalue weighted by Gasteiger charge is -2.26. The van der Waals surface area contributed by atoms with Gasteiger partial charge in [-0.25, -0.2) is 17.6 Å². The van der Waals surface area contributed by atoms with Crippen LogP contribution >= 0.6 is 23.7 Å². The zero-order valence-corrected chi connectivity index (χ0v) is 21.0. The lowest BCUT2D eigenvalue weighted by molar-refractivity contribution is -0.116. The molecule has 1 aliphatic rings. The van der Waals surface area contributed by atoms with Crippen LogP contribution in [0, 0.1) is 5.82 Å². The topological polar surface area (TPSA) is 92.8 Å². The molecule has 0 saturated heterocycles. The number of amides is 1. The minimum atomic E-state index is -3.61. The second kappa shape index (κ2) is 11.9. The predicted octanol–water partition coefficient (Wildman–Crippen LogP) is 4.06. The summed E-state index contributed by atoms with van der Waals surface area (Å²) in [6.45, 7) is 4.65. The number of benzene rings is 1. The number of carbonyl (C=O) groups is 2. The summed E-state index contributed by atoms with van der Waals surface area (Å²) in [5, 5.41) is 3.23. The van der Waals surface area contributed by atoms with Gasteiger partial charge in [-0.05, 0) is 55.6 Å². The van der Waals surface area contributed by atoms with Gasteiger partial charge in [-0.2, -0.15) is 0 Å². The average Bonchev–Trinajstić information content (AvgIpc) is 3.10. The van der Waals surface area contributed by atoms with Crippen molar-refractivity contribution in [1.82, 2.24) is 4.90 Å². The van der Waals surface area contributed by atoms with Crippen LogP contribution in [0.3, 0.4) is 0 Å². The minimum absolute atomic E-state index is 0. The van der Waals surface area contributed by atoms with Crippen molar-refractivity contribution >= 4 is 50.5 Å². The molecule has 0 radical (unpaired) electrons. The third-order valence-electron chi connectivity index (χ3n) is 5.31. The maximum absolute atomic E-state index is 13.0. The van der Waals surface area contributed by atoms with E-state index in [-0.39, 0.29) is 41.8 Å². The fourth-order valence-corrected chi connectivity index (χ4v) is 6.35. The number of sulfone groups is 1. The number of anilines is 1. The van der Waals surface area contributed by atoms with Gasteiger partial charge in [0.15, 0.2) is 9.84 Å². The summed E-state index contributed by atoms with van der Waals surface area (Å²) in [6.07, 6.45) is 1.83. The summed E-state index contributed by atoms with van der Waals surface area (Å²) >= 11 is 1.37. The Morgan fingerprint density at radius 3 is 2.58 bits per heavy atom. The molecule has 33 heavy (non-hydrogen) atoms. The van der Waals surface area contributed by atoms with Crippen LogP contribution in [0.2, 0.25) is 0 Å². The number of rotatable bonds is 9. The molecule has 0 saturated carbocycles. The van der Waals surface area contributed by atoms with Crippen LogP contribution in [0.15, 0.2) is 29.2 Å². The Bertz CT molecular complexity index is 1090. The molecule has 182 valence electrons. The van der Waals surface area contributed by atoms with E-state index in [0.29, 0.717) is 17.0 Å². The van der Waals surface area contributed by atoms with E-state index in [9.17, 15) is 22.4 Å². The summed E-state index contributed by atoms with van der Waals surface area (Å²) in [5.41, 5.74) is 1.32. The maximum Gasteiger partial charge on any atom is 0.341 e. The van der Waals surface area contributed by atoms with Gasteiger partial charge in [0.05, 0.1) is 23.3 Å². The molecule has 1 aliphatic heterocycles. The smallest absolute Gasteiger partial charge is 0.341 e. The van der Waals surface area contributed by atoms with Crippen molar-refractivity contribution < 1.29 is 27.1 Å². The number of methoxy groups -OCH3 is 1. The number of hydrogen-bond donors (Lipinski definition) is 1. The van der Waals surface area contributed by atoms with Gasteiger partial charge in [0.2, 0.25) is 5.91 Å². The summed E-state index contributed by atoms with van der Waals surface area (Å²) in [4.78, 5) is 28.3. The standard InChI is InChI=1S/C22H27FN2O5S2.ClH/c1-3-11-25-12-10-17-18(14-25)31-21(20(17)22(27)30-2)24-19(26)5-4-13-32(28,29)16-8-6-15(23)7-9-16;/h6-9H,3-5,10-14H2,1-2H3,(H,24,26);1H. The number of thiophene rings is 1. The Labute approximate surface area is 203 Å². The van der Waals surface area contributed by atoms with E-state index in [1.165, 1.54) is 30.6 Å². The highest BCUT2D eigenvalue weighted by molar-refractivity contribution is 7.91. The molecule has 3 rings (SSSR count). The minimum Gasteiger partial charge on any atom is -0.465 e. The number of halogens is 2. The van der Waals surface area contributed by atoms with Crippen molar-refractivity contribution in [3.63, 3.8) is 0 Å². The molecule has 0 spiro atoms. The lowest BCUT2D eigenvalue weighted by atomic mass is 10.0. The van der Waals surface area contributed by atoms with E-state index >= 15 is 0 Å². The first-order valence-corrected chi connectivity index (χ1v) is 13.0. The molecule has 2 heterocycles. The maximum atomic E-state index is 13.0. The fourth-order valence-electron chi connectivity index (χ4n) is 3.74. The van der Waals surface area contributed by atoms with Crippen LogP contribution in [0.5, 0.6) is 0 Å². The van der Waals surface area contributed by atoms with Crippen molar-refractivity contribution in [1.29, 1.82) is 0 Å². The molecule has 1 amide bonds. The number of esters is 1. The van der Waals surface area contributed by atoms with Crippen LogP contribution in [0.4, 0.5) is 9.39 Å². The molecule has 0 bridgehead atoms. The van der Waals surface area contributed by atoms with Gasteiger partial charge in [0.25, 0.3) is 0 Å². The van der Waals surface area contributed by atoms with Gasteiger partial charge < -0.3 is 10.1 Å². The largest absolute Gasteiger partial charge is 0.465 e. The molecule has 0 fully saturated rings. The highest BCUT2D eigenvalue weighted by Gasteiger charge is 2.29. The van der Waals surface area contributed by atoms with Gasteiger partial charge in [-0.3, -0.25) is 9.69 Å². The van der Waals surface area contributed by atoms with Crippen LogP contribution in [-0.4, -0.2) is 51.1 Å². The Hall–Kier alpha value is -2.01. The van der Waals surface area contributed by atoms with Crippen molar-refractivity contribution in [2.75, 3.05) is 31.3 Å². The Morgan fingerprint density at radius 2 is 1.94 bits per heavy atom. The van der Waals surface area contributed by atoms with Gasteiger partial charge in [0, 0.05) is 24.4 Å². The van der Waals surface area contributed by atoms with Gasteiger partial charge in [-0.1, -0.05) is 6.92 Å². The number of nitrogens with one attached hydrogen (secondary N) is 1. The fraction of sp³-hybridized carbons (Fsp3) is 0.455. The highest BCUT2D eigenvalue weighted by atomic mass is 35.5. The van der Waals surface area contributed by atoms with Crippen molar-refractivity contribution in [2.24, 2.45) is 0 Å². The van der Waals surface area contributed by atoms with E-state index in [4.69, 9.17) is 4.74 Å². The van der Waals surface area contributed by atoms with E-state index in [1.807, 2.05) is 0 Å². The normalized spacial score (nSPS) is 13.7. The quantitative estimate of drug-likeness (QED) is 0.397. The van der Waals surface area contributed by atoms with E-state index in [0.717, 1.165) is 48.6 Å². The number of fused-ring (bicyclic) bond motifs is 1. The third kappa shape index (κ3) is 6.75. The summed E-state index contributed by atoms with van der Waals surface area (Å²) < 4.78 is 42.7. The molecule has 2 aromatic rings. The van der Waals surface area contributed by atoms with Gasteiger partial charge in [-0.15, -0.1) is 23.7 Å². The molecule has 7 nitrogen and oxygen atoms in total. The number of hydrogen-bond acceptors (Lipinski definition) is 7.